The Hall–Kier alpha value is -3.44. The number of nitrogens with one attached hydrogen (secondary N) is 1. The monoisotopic (exact) mass is 526 g/mol. The zero-order valence-electron chi connectivity index (χ0n) is 23.8. The van der Waals surface area contributed by atoms with Gasteiger partial charge in [-0.05, 0) is 111 Å². The van der Waals surface area contributed by atoms with Gasteiger partial charge in [0, 0.05) is 17.2 Å². The van der Waals surface area contributed by atoms with E-state index in [1.807, 2.05) is 38.1 Å². The summed E-state index contributed by atoms with van der Waals surface area (Å²) in [5.41, 5.74) is 5.34. The fourth-order valence-corrected chi connectivity index (χ4v) is 5.52. The number of anilines is 1. The fourth-order valence-electron chi connectivity index (χ4n) is 5.52. The summed E-state index contributed by atoms with van der Waals surface area (Å²) in [4.78, 5) is 26.8. The molecule has 5 nitrogen and oxygen atoms in total. The minimum atomic E-state index is -0.0317. The van der Waals surface area contributed by atoms with E-state index >= 15 is 0 Å². The molecule has 0 aromatic heterocycles. The molecule has 1 heterocycles. The van der Waals surface area contributed by atoms with Crippen molar-refractivity contribution in [3.63, 3.8) is 0 Å². The van der Waals surface area contributed by atoms with Crippen molar-refractivity contribution < 1.29 is 14.3 Å². The van der Waals surface area contributed by atoms with Gasteiger partial charge in [-0.2, -0.15) is 0 Å². The highest BCUT2D eigenvalue weighted by atomic mass is 16.5. The predicted octanol–water partition coefficient (Wildman–Crippen LogP) is 7.09. The molecule has 0 saturated carbocycles. The van der Waals surface area contributed by atoms with Crippen LogP contribution in [-0.2, 0) is 11.2 Å². The second kappa shape index (κ2) is 13.6. The number of benzene rings is 3. The first kappa shape index (κ1) is 28.6. The maximum Gasteiger partial charge on any atom is 0.226 e. The van der Waals surface area contributed by atoms with E-state index < -0.39 is 0 Å². The Morgan fingerprint density at radius 2 is 1.72 bits per heavy atom. The number of ether oxygens (including phenoxy) is 1. The Labute approximate surface area is 233 Å². The van der Waals surface area contributed by atoms with Crippen molar-refractivity contribution in [1.29, 1.82) is 0 Å². The van der Waals surface area contributed by atoms with Crippen LogP contribution in [0.1, 0.15) is 78.9 Å². The summed E-state index contributed by atoms with van der Waals surface area (Å²) in [7, 11) is 1.70. The molecule has 39 heavy (non-hydrogen) atoms. The van der Waals surface area contributed by atoms with Crippen LogP contribution in [0.15, 0.2) is 72.8 Å². The number of carbonyl (C=O) groups excluding carboxylic acids is 2. The van der Waals surface area contributed by atoms with E-state index in [1.54, 1.807) is 14.0 Å². The van der Waals surface area contributed by atoms with Crippen LogP contribution in [0.3, 0.4) is 0 Å². The molecule has 1 amide bonds. The second-order valence-corrected chi connectivity index (χ2v) is 11.1. The van der Waals surface area contributed by atoms with Crippen molar-refractivity contribution in [2.24, 2.45) is 5.92 Å². The van der Waals surface area contributed by atoms with Gasteiger partial charge >= 0.3 is 0 Å². The third kappa shape index (κ3) is 7.79. The highest BCUT2D eigenvalue weighted by Crippen LogP contribution is 2.33. The highest BCUT2D eigenvalue weighted by molar-refractivity contribution is 5.94. The molecule has 4 rings (SSSR count). The zero-order valence-corrected chi connectivity index (χ0v) is 23.8. The van der Waals surface area contributed by atoms with E-state index in [0.29, 0.717) is 11.8 Å². The molecule has 3 aromatic carbocycles. The number of carbonyl (C=O) groups is 2. The first-order chi connectivity index (χ1) is 18.8. The molecule has 1 unspecified atom stereocenters. The topological polar surface area (TPSA) is 58.6 Å². The molecule has 0 spiro atoms. The van der Waals surface area contributed by atoms with Crippen molar-refractivity contribution in [2.75, 3.05) is 32.1 Å². The van der Waals surface area contributed by atoms with Crippen molar-refractivity contribution in [2.45, 2.75) is 58.3 Å². The number of ketones is 1. The van der Waals surface area contributed by atoms with E-state index in [4.69, 9.17) is 4.74 Å². The summed E-state index contributed by atoms with van der Waals surface area (Å²) in [6, 6.07) is 24.8. The summed E-state index contributed by atoms with van der Waals surface area (Å²) >= 11 is 0. The van der Waals surface area contributed by atoms with Gasteiger partial charge in [0.15, 0.2) is 5.78 Å². The number of rotatable bonds is 11. The lowest BCUT2D eigenvalue weighted by molar-refractivity contribution is -0.118. The molecule has 1 saturated heterocycles. The lowest BCUT2D eigenvalue weighted by Crippen LogP contribution is -2.34. The molecule has 0 radical (unpaired) electrons. The van der Waals surface area contributed by atoms with Gasteiger partial charge in [-0.3, -0.25) is 9.59 Å². The third-order valence-electron chi connectivity index (χ3n) is 7.96. The van der Waals surface area contributed by atoms with E-state index in [-0.39, 0.29) is 17.6 Å². The Kier molecular flexibility index (Phi) is 9.94. The van der Waals surface area contributed by atoms with Gasteiger partial charge in [-0.25, -0.2) is 0 Å². The van der Waals surface area contributed by atoms with Gasteiger partial charge in [0.25, 0.3) is 0 Å². The van der Waals surface area contributed by atoms with Crippen LogP contribution in [0.5, 0.6) is 5.75 Å². The van der Waals surface area contributed by atoms with E-state index in [9.17, 15) is 9.59 Å². The van der Waals surface area contributed by atoms with Crippen molar-refractivity contribution >= 4 is 17.4 Å². The molecule has 206 valence electrons. The molecular weight excluding hydrogens is 484 g/mol. The quantitative estimate of drug-likeness (QED) is 0.271. The maximum absolute atomic E-state index is 12.1. The Morgan fingerprint density at radius 1 is 0.974 bits per heavy atom. The number of hydrogen-bond donors (Lipinski definition) is 1. The van der Waals surface area contributed by atoms with Crippen molar-refractivity contribution in [3.05, 3.63) is 95.1 Å². The number of likely N-dealkylation sites (tertiary alicyclic amines) is 1. The Bertz CT molecular complexity index is 1250. The number of methoxy groups -OCH3 is 1. The highest BCUT2D eigenvalue weighted by Gasteiger charge is 2.23. The van der Waals surface area contributed by atoms with Crippen molar-refractivity contribution in [1.82, 2.24) is 4.90 Å². The molecule has 0 bridgehead atoms. The normalized spacial score (nSPS) is 15.2. The molecule has 3 aromatic rings. The smallest absolute Gasteiger partial charge is 0.226 e. The number of piperidine rings is 1. The van der Waals surface area contributed by atoms with Crippen LogP contribution < -0.4 is 10.1 Å². The standard InChI is InChI=1S/C34H42N2O3/c1-24(2)34(38)35-32-12-8-11-29(23-32)27-15-18-36(19-16-27)20-17-30(26-9-6-5-7-10-26)22-31-21-28(25(3)37)13-14-33(31)39-4/h5-14,21,23-24,27,30H,15-20,22H2,1-4H3,(H,35,38). The first-order valence-electron chi connectivity index (χ1n) is 14.2. The van der Waals surface area contributed by atoms with Gasteiger partial charge in [0.05, 0.1) is 7.11 Å². The fraction of sp³-hybridized carbons (Fsp3) is 0.412. The Balaban J connectivity index is 1.39. The maximum atomic E-state index is 12.1. The van der Waals surface area contributed by atoms with Gasteiger partial charge in [0.1, 0.15) is 5.75 Å². The first-order valence-corrected chi connectivity index (χ1v) is 14.2. The average Bonchev–Trinajstić information content (AvgIpc) is 2.96. The minimum Gasteiger partial charge on any atom is -0.496 e. The molecule has 1 N–H and O–H groups in total. The average molecular weight is 527 g/mol. The van der Waals surface area contributed by atoms with Gasteiger partial charge in [-0.1, -0.05) is 56.3 Å². The van der Waals surface area contributed by atoms with Crippen LogP contribution in [0.4, 0.5) is 5.69 Å². The second-order valence-electron chi connectivity index (χ2n) is 11.1. The van der Waals surface area contributed by atoms with Crippen molar-refractivity contribution in [3.8, 4) is 5.75 Å². The van der Waals surface area contributed by atoms with Crippen LogP contribution >= 0.6 is 0 Å². The third-order valence-corrected chi connectivity index (χ3v) is 7.96. The van der Waals surface area contributed by atoms with Crippen LogP contribution in [-0.4, -0.2) is 43.3 Å². The predicted molar refractivity (Wildman–Crippen MR) is 159 cm³/mol. The molecule has 0 aliphatic carbocycles. The minimum absolute atomic E-state index is 0.0317. The largest absolute Gasteiger partial charge is 0.496 e. The molecular formula is C34H42N2O3. The van der Waals surface area contributed by atoms with E-state index in [1.165, 1.54) is 11.1 Å². The van der Waals surface area contributed by atoms with Crippen LogP contribution in [0.25, 0.3) is 0 Å². The molecule has 1 atom stereocenters. The Morgan fingerprint density at radius 3 is 2.38 bits per heavy atom. The molecule has 1 fully saturated rings. The SMILES string of the molecule is COc1ccc(C(C)=O)cc1CC(CCN1CCC(c2cccc(NC(=O)C(C)C)c2)CC1)c1ccccc1. The van der Waals surface area contributed by atoms with Crippen LogP contribution in [0, 0.1) is 5.92 Å². The van der Waals surface area contributed by atoms with Gasteiger partial charge in [0.2, 0.25) is 5.91 Å². The lowest BCUT2D eigenvalue weighted by atomic mass is 9.86. The molecule has 1 aliphatic rings. The number of amides is 1. The van der Waals surface area contributed by atoms with Gasteiger partial charge < -0.3 is 15.0 Å². The molecule has 1 aliphatic heterocycles. The number of nitrogens with zero attached hydrogens (tertiary/aromatic N) is 1. The van der Waals surface area contributed by atoms with E-state index in [0.717, 1.165) is 67.9 Å². The number of hydrogen-bond acceptors (Lipinski definition) is 4. The van der Waals surface area contributed by atoms with Crippen LogP contribution in [0.2, 0.25) is 0 Å². The summed E-state index contributed by atoms with van der Waals surface area (Å²) in [6.45, 7) is 8.61. The summed E-state index contributed by atoms with van der Waals surface area (Å²) in [5.74, 6) is 1.79. The lowest BCUT2D eigenvalue weighted by Gasteiger charge is -2.33. The van der Waals surface area contributed by atoms with E-state index in [2.05, 4.69) is 58.7 Å². The number of Topliss-reactive ketones (excluding diaryl/α,β-unsaturated/α-hetero) is 1. The van der Waals surface area contributed by atoms with Gasteiger partial charge in [-0.15, -0.1) is 0 Å². The summed E-state index contributed by atoms with van der Waals surface area (Å²) in [6.07, 6.45) is 4.11. The summed E-state index contributed by atoms with van der Waals surface area (Å²) < 4.78 is 5.66. The summed E-state index contributed by atoms with van der Waals surface area (Å²) in [5, 5.41) is 3.04. The zero-order chi connectivity index (χ0) is 27.8. The molecule has 5 heteroatoms.